The number of nitrogens with one attached hydrogen (secondary N) is 1. The normalized spacial score (nSPS) is 16.4. The number of halogens is 3. The van der Waals surface area contributed by atoms with Gasteiger partial charge in [0, 0.05) is 17.6 Å². The number of carbonyl (C=O) groups excluding carboxylic acids is 1. The van der Waals surface area contributed by atoms with Gasteiger partial charge < -0.3 is 15.1 Å². The zero-order chi connectivity index (χ0) is 21.0. The molecule has 1 atom stereocenters. The van der Waals surface area contributed by atoms with Crippen molar-refractivity contribution in [2.45, 2.75) is 38.4 Å². The Bertz CT molecular complexity index is 836. The second-order valence-corrected chi connectivity index (χ2v) is 8.82. The molecule has 29 heavy (non-hydrogen) atoms. The maximum absolute atomic E-state index is 13.3. The molecule has 1 N–H and O–H groups in total. The van der Waals surface area contributed by atoms with Crippen molar-refractivity contribution in [2.75, 3.05) is 20.1 Å². The molecule has 3 rings (SSSR count). The van der Waals surface area contributed by atoms with E-state index in [0.29, 0.717) is 21.6 Å². The molecule has 7 heteroatoms. The standard InChI is InChI=1S/C22H26Cl3N3O/c1-15(19-4-3-5-20(24)21(19)25)26-22(29)28(18-10-12-27(2)13-11-18)14-16-6-8-17(23)9-7-16/h3-9,15,18H,10-14H2,1-2H3,(H,26,29). The van der Waals surface area contributed by atoms with E-state index in [4.69, 9.17) is 34.8 Å². The van der Waals surface area contributed by atoms with E-state index < -0.39 is 0 Å². The summed E-state index contributed by atoms with van der Waals surface area (Å²) in [5.74, 6) is 0. The molecule has 1 aliphatic rings. The molecule has 1 heterocycles. The number of rotatable bonds is 5. The molecule has 0 aromatic heterocycles. The molecule has 0 bridgehead atoms. The Morgan fingerprint density at radius 2 is 1.79 bits per heavy atom. The van der Waals surface area contributed by atoms with Crippen molar-refractivity contribution in [1.82, 2.24) is 15.1 Å². The summed E-state index contributed by atoms with van der Waals surface area (Å²) in [6.07, 6.45) is 1.90. The van der Waals surface area contributed by atoms with Crippen molar-refractivity contribution in [3.8, 4) is 0 Å². The Morgan fingerprint density at radius 3 is 2.45 bits per heavy atom. The topological polar surface area (TPSA) is 35.6 Å². The zero-order valence-electron chi connectivity index (χ0n) is 16.7. The lowest BCUT2D eigenvalue weighted by atomic mass is 10.0. The SMILES string of the molecule is CC(NC(=O)N(Cc1ccc(Cl)cc1)C1CCN(C)CC1)c1cccc(Cl)c1Cl. The van der Waals surface area contributed by atoms with E-state index in [1.54, 1.807) is 6.07 Å². The van der Waals surface area contributed by atoms with E-state index in [1.165, 1.54) is 0 Å². The lowest BCUT2D eigenvalue weighted by Gasteiger charge is -2.38. The molecular formula is C22H26Cl3N3O. The molecule has 4 nitrogen and oxygen atoms in total. The highest BCUT2D eigenvalue weighted by atomic mass is 35.5. The molecule has 0 radical (unpaired) electrons. The summed E-state index contributed by atoms with van der Waals surface area (Å²) in [7, 11) is 2.11. The van der Waals surface area contributed by atoms with Crippen LogP contribution in [0.4, 0.5) is 4.79 Å². The van der Waals surface area contributed by atoms with Crippen LogP contribution < -0.4 is 5.32 Å². The van der Waals surface area contributed by atoms with Gasteiger partial charge in [-0.3, -0.25) is 0 Å². The Balaban J connectivity index is 1.77. The Labute approximate surface area is 187 Å². The number of benzene rings is 2. The lowest BCUT2D eigenvalue weighted by Crippen LogP contribution is -2.50. The monoisotopic (exact) mass is 453 g/mol. The molecule has 0 aliphatic carbocycles. The van der Waals surface area contributed by atoms with Gasteiger partial charge in [-0.1, -0.05) is 59.1 Å². The quantitative estimate of drug-likeness (QED) is 0.600. The van der Waals surface area contributed by atoms with Crippen LogP contribution in [-0.4, -0.2) is 42.0 Å². The highest BCUT2D eigenvalue weighted by Crippen LogP contribution is 2.30. The van der Waals surface area contributed by atoms with Crippen LogP contribution >= 0.6 is 34.8 Å². The highest BCUT2D eigenvalue weighted by molar-refractivity contribution is 6.42. The van der Waals surface area contributed by atoms with Gasteiger partial charge in [-0.2, -0.15) is 0 Å². The number of nitrogens with zero attached hydrogens (tertiary/aromatic N) is 2. The first kappa shape index (κ1) is 22.2. The van der Waals surface area contributed by atoms with E-state index in [9.17, 15) is 4.79 Å². The predicted molar refractivity (Wildman–Crippen MR) is 121 cm³/mol. The fraction of sp³-hybridized carbons (Fsp3) is 0.409. The number of likely N-dealkylation sites (tertiary alicyclic amines) is 1. The third-order valence-corrected chi connectivity index (χ3v) is 6.53. The van der Waals surface area contributed by atoms with Crippen molar-refractivity contribution >= 4 is 40.8 Å². The van der Waals surface area contributed by atoms with Gasteiger partial charge >= 0.3 is 6.03 Å². The molecular weight excluding hydrogens is 429 g/mol. The Hall–Kier alpha value is -1.46. The van der Waals surface area contributed by atoms with Crippen LogP contribution in [0.3, 0.4) is 0 Å². The summed E-state index contributed by atoms with van der Waals surface area (Å²) in [5.41, 5.74) is 1.86. The highest BCUT2D eigenvalue weighted by Gasteiger charge is 2.28. The predicted octanol–water partition coefficient (Wildman–Crippen LogP) is 6.01. The summed E-state index contributed by atoms with van der Waals surface area (Å²) in [6.45, 7) is 4.41. The van der Waals surface area contributed by atoms with Crippen LogP contribution in [0.5, 0.6) is 0 Å². The minimum atomic E-state index is -0.257. The van der Waals surface area contributed by atoms with Crippen LogP contribution in [0, 0.1) is 0 Å². The van der Waals surface area contributed by atoms with Gasteiger partial charge in [0.1, 0.15) is 0 Å². The maximum Gasteiger partial charge on any atom is 0.318 e. The molecule has 0 spiro atoms. The summed E-state index contributed by atoms with van der Waals surface area (Å²) in [4.78, 5) is 17.5. The van der Waals surface area contributed by atoms with Crippen LogP contribution in [0.15, 0.2) is 42.5 Å². The fourth-order valence-electron chi connectivity index (χ4n) is 3.66. The lowest BCUT2D eigenvalue weighted by molar-refractivity contribution is 0.125. The minimum absolute atomic E-state index is 0.0990. The van der Waals surface area contributed by atoms with Crippen LogP contribution in [0.2, 0.25) is 15.1 Å². The third kappa shape index (κ3) is 5.79. The van der Waals surface area contributed by atoms with Crippen LogP contribution in [0.1, 0.15) is 36.9 Å². The first-order chi connectivity index (χ1) is 13.8. The van der Waals surface area contributed by atoms with Crippen molar-refractivity contribution in [3.63, 3.8) is 0 Å². The average Bonchev–Trinajstić information content (AvgIpc) is 2.70. The number of urea groups is 1. The largest absolute Gasteiger partial charge is 0.331 e. The van der Waals surface area contributed by atoms with Crippen LogP contribution in [0.25, 0.3) is 0 Å². The van der Waals surface area contributed by atoms with Gasteiger partial charge in [-0.25, -0.2) is 4.79 Å². The number of hydrogen-bond donors (Lipinski definition) is 1. The van der Waals surface area contributed by atoms with Crippen LogP contribution in [-0.2, 0) is 6.54 Å². The third-order valence-electron chi connectivity index (χ3n) is 5.44. The van der Waals surface area contributed by atoms with Gasteiger partial charge in [0.05, 0.1) is 16.1 Å². The summed E-state index contributed by atoms with van der Waals surface area (Å²) >= 11 is 18.5. The minimum Gasteiger partial charge on any atom is -0.331 e. The van der Waals surface area contributed by atoms with Gasteiger partial charge in [0.25, 0.3) is 0 Å². The van der Waals surface area contributed by atoms with Gasteiger partial charge in [-0.15, -0.1) is 0 Å². The average molecular weight is 455 g/mol. The smallest absolute Gasteiger partial charge is 0.318 e. The van der Waals surface area contributed by atoms with Crippen molar-refractivity contribution < 1.29 is 4.79 Å². The first-order valence-corrected chi connectivity index (χ1v) is 10.9. The zero-order valence-corrected chi connectivity index (χ0v) is 18.9. The number of piperidine rings is 1. The molecule has 1 unspecified atom stereocenters. The molecule has 2 aromatic rings. The molecule has 1 fully saturated rings. The molecule has 1 aliphatic heterocycles. The summed E-state index contributed by atoms with van der Waals surface area (Å²) < 4.78 is 0. The fourth-order valence-corrected chi connectivity index (χ4v) is 4.26. The second-order valence-electron chi connectivity index (χ2n) is 7.60. The van der Waals surface area contributed by atoms with E-state index in [1.807, 2.05) is 48.2 Å². The van der Waals surface area contributed by atoms with Gasteiger partial charge in [0.2, 0.25) is 0 Å². The molecule has 1 saturated heterocycles. The number of amides is 2. The summed E-state index contributed by atoms with van der Waals surface area (Å²) in [6, 6.07) is 12.9. The first-order valence-electron chi connectivity index (χ1n) is 9.79. The van der Waals surface area contributed by atoms with Crippen molar-refractivity contribution in [3.05, 3.63) is 68.7 Å². The second kappa shape index (κ2) is 10.0. The molecule has 156 valence electrons. The Kier molecular flexibility index (Phi) is 7.69. The molecule has 2 aromatic carbocycles. The molecule has 0 saturated carbocycles. The van der Waals surface area contributed by atoms with E-state index in [0.717, 1.165) is 37.1 Å². The van der Waals surface area contributed by atoms with E-state index >= 15 is 0 Å². The van der Waals surface area contributed by atoms with Crippen molar-refractivity contribution in [1.29, 1.82) is 0 Å². The van der Waals surface area contributed by atoms with Gasteiger partial charge in [0.15, 0.2) is 0 Å². The molecule has 2 amide bonds. The number of hydrogen-bond acceptors (Lipinski definition) is 2. The maximum atomic E-state index is 13.3. The Morgan fingerprint density at radius 1 is 1.14 bits per heavy atom. The van der Waals surface area contributed by atoms with Gasteiger partial charge in [-0.05, 0) is 69.2 Å². The number of carbonyl (C=O) groups is 1. The van der Waals surface area contributed by atoms with E-state index in [-0.39, 0.29) is 18.1 Å². The van der Waals surface area contributed by atoms with Crippen molar-refractivity contribution in [2.24, 2.45) is 0 Å². The summed E-state index contributed by atoms with van der Waals surface area (Å²) in [5, 5.41) is 4.76. The van der Waals surface area contributed by atoms with E-state index in [2.05, 4.69) is 17.3 Å².